The summed E-state index contributed by atoms with van der Waals surface area (Å²) < 4.78 is 0. The molecule has 3 amide bonds. The van der Waals surface area contributed by atoms with E-state index in [1.165, 1.54) is 19.3 Å². The van der Waals surface area contributed by atoms with E-state index in [4.69, 9.17) is 0 Å². The minimum atomic E-state index is -0.471. The van der Waals surface area contributed by atoms with E-state index in [2.05, 4.69) is 12.2 Å². The molecule has 0 spiro atoms. The Morgan fingerprint density at radius 3 is 2.67 bits per heavy atom. The molecule has 0 aromatic heterocycles. The van der Waals surface area contributed by atoms with Gasteiger partial charge < -0.3 is 5.32 Å². The van der Waals surface area contributed by atoms with Crippen molar-refractivity contribution in [2.75, 3.05) is 6.54 Å². The highest BCUT2D eigenvalue weighted by Crippen LogP contribution is 1.96. The zero-order valence-corrected chi connectivity index (χ0v) is 7.35. The van der Waals surface area contributed by atoms with Gasteiger partial charge in [-0.1, -0.05) is 26.2 Å². The smallest absolute Gasteiger partial charge is 0.321 e. The summed E-state index contributed by atoms with van der Waals surface area (Å²) in [5, 5.41) is 4.41. The maximum atomic E-state index is 10.6. The summed E-state index contributed by atoms with van der Waals surface area (Å²) in [7, 11) is 0. The van der Waals surface area contributed by atoms with E-state index in [9.17, 15) is 9.59 Å². The van der Waals surface area contributed by atoms with Gasteiger partial charge in [-0.2, -0.15) is 0 Å². The Bertz CT molecular complexity index is 137. The van der Waals surface area contributed by atoms with Gasteiger partial charge in [0.05, 0.1) is 0 Å². The molecule has 1 radical (unpaired) electrons. The maximum Gasteiger partial charge on any atom is 0.321 e. The van der Waals surface area contributed by atoms with E-state index < -0.39 is 6.03 Å². The third kappa shape index (κ3) is 7.05. The molecule has 4 nitrogen and oxygen atoms in total. The van der Waals surface area contributed by atoms with Crippen LogP contribution in [0.25, 0.3) is 0 Å². The molecule has 0 unspecified atom stereocenters. The maximum absolute atomic E-state index is 10.6. The number of carbonyl (C=O) groups is 1. The highest BCUT2D eigenvalue weighted by atomic mass is 16.2. The van der Waals surface area contributed by atoms with Crippen molar-refractivity contribution in [3.63, 3.8) is 0 Å². The molecule has 2 N–H and O–H groups in total. The van der Waals surface area contributed by atoms with Crippen LogP contribution >= 0.6 is 0 Å². The normalized spacial score (nSPS) is 9.08. The molecule has 0 aliphatic rings. The first kappa shape index (κ1) is 10.9. The molecular weight excluding hydrogens is 156 g/mol. The Balaban J connectivity index is 3.08. The Kier molecular flexibility index (Phi) is 7.33. The standard InChI is InChI=1S/C8H15N2O2/c1-2-3-4-5-6-9-8(12)10-7-11/h2-6H2,1H3,(H2,9,10,11,12). The van der Waals surface area contributed by atoms with Crippen LogP contribution in [0.1, 0.15) is 32.6 Å². The number of carbonyl (C=O) groups excluding carboxylic acids is 2. The van der Waals surface area contributed by atoms with Gasteiger partial charge in [-0.25, -0.2) is 4.79 Å². The second kappa shape index (κ2) is 8.04. The molecule has 0 aromatic rings. The summed E-state index contributed by atoms with van der Waals surface area (Å²) in [4.78, 5) is 20.2. The monoisotopic (exact) mass is 171 g/mol. The number of rotatable bonds is 6. The van der Waals surface area contributed by atoms with Crippen molar-refractivity contribution in [3.05, 3.63) is 0 Å². The van der Waals surface area contributed by atoms with Gasteiger partial charge in [-0.05, 0) is 6.42 Å². The number of unbranched alkanes of at least 4 members (excludes halogenated alkanes) is 3. The molecule has 0 fully saturated rings. The lowest BCUT2D eigenvalue weighted by Crippen LogP contribution is -2.34. The third-order valence-electron chi connectivity index (χ3n) is 1.48. The zero-order chi connectivity index (χ0) is 9.23. The van der Waals surface area contributed by atoms with Crippen LogP contribution in [-0.4, -0.2) is 19.0 Å². The molecule has 0 aromatic carbocycles. The molecule has 12 heavy (non-hydrogen) atoms. The third-order valence-corrected chi connectivity index (χ3v) is 1.48. The van der Waals surface area contributed by atoms with Crippen LogP contribution in [0.3, 0.4) is 0 Å². The lowest BCUT2D eigenvalue weighted by atomic mass is 10.2. The van der Waals surface area contributed by atoms with E-state index >= 15 is 0 Å². The van der Waals surface area contributed by atoms with E-state index in [0.29, 0.717) is 6.54 Å². The summed E-state index contributed by atoms with van der Waals surface area (Å²) in [6.45, 7) is 2.75. The molecule has 69 valence electrons. The van der Waals surface area contributed by atoms with E-state index in [1.807, 2.05) is 5.32 Å². The van der Waals surface area contributed by atoms with Gasteiger partial charge in [0.15, 0.2) is 0 Å². The molecule has 0 aliphatic heterocycles. The fourth-order valence-electron chi connectivity index (χ4n) is 0.844. The van der Waals surface area contributed by atoms with Crippen LogP contribution in [0.4, 0.5) is 4.79 Å². The molecule has 0 rings (SSSR count). The first-order chi connectivity index (χ1) is 5.81. The summed E-state index contributed by atoms with van der Waals surface area (Å²) >= 11 is 0. The van der Waals surface area contributed by atoms with Gasteiger partial charge in [0, 0.05) is 6.54 Å². The van der Waals surface area contributed by atoms with Gasteiger partial charge in [0.2, 0.25) is 0 Å². The Morgan fingerprint density at radius 2 is 2.08 bits per heavy atom. The van der Waals surface area contributed by atoms with Crippen molar-refractivity contribution in [1.82, 2.24) is 10.6 Å². The first-order valence-electron chi connectivity index (χ1n) is 4.22. The molecule has 0 bridgehead atoms. The molecule has 0 heterocycles. The Hall–Kier alpha value is -1.06. The van der Waals surface area contributed by atoms with Gasteiger partial charge in [-0.3, -0.25) is 10.1 Å². The van der Waals surface area contributed by atoms with Crippen LogP contribution in [0.2, 0.25) is 0 Å². The second-order valence-corrected chi connectivity index (χ2v) is 2.54. The minimum absolute atomic E-state index is 0.471. The van der Waals surface area contributed by atoms with Gasteiger partial charge in [-0.15, -0.1) is 0 Å². The average molecular weight is 171 g/mol. The Labute approximate surface area is 72.7 Å². The lowest BCUT2D eigenvalue weighted by Gasteiger charge is -2.01. The second-order valence-electron chi connectivity index (χ2n) is 2.54. The van der Waals surface area contributed by atoms with Crippen molar-refractivity contribution >= 4 is 12.4 Å². The van der Waals surface area contributed by atoms with E-state index in [0.717, 1.165) is 12.8 Å². The van der Waals surface area contributed by atoms with Crippen molar-refractivity contribution in [2.24, 2.45) is 0 Å². The predicted octanol–water partition coefficient (Wildman–Crippen LogP) is 0.933. The van der Waals surface area contributed by atoms with Crippen LogP contribution in [0.5, 0.6) is 0 Å². The summed E-state index contributed by atoms with van der Waals surface area (Å²) in [6, 6.07) is -0.471. The molecule has 0 aliphatic carbocycles. The minimum Gasteiger partial charge on any atom is -0.338 e. The Morgan fingerprint density at radius 1 is 1.33 bits per heavy atom. The lowest BCUT2D eigenvalue weighted by molar-refractivity contribution is 0.244. The van der Waals surface area contributed by atoms with E-state index in [-0.39, 0.29) is 0 Å². The summed E-state index contributed by atoms with van der Waals surface area (Å²) in [5.41, 5.74) is 0. The van der Waals surface area contributed by atoms with Crippen molar-refractivity contribution in [1.29, 1.82) is 0 Å². The quantitative estimate of drug-likeness (QED) is 0.461. The van der Waals surface area contributed by atoms with E-state index in [1.54, 1.807) is 0 Å². The van der Waals surface area contributed by atoms with Gasteiger partial charge >= 0.3 is 12.4 Å². The zero-order valence-electron chi connectivity index (χ0n) is 7.35. The largest absolute Gasteiger partial charge is 0.338 e. The fraction of sp³-hybridized carbons (Fsp3) is 0.750. The number of hydrogen-bond acceptors (Lipinski definition) is 2. The number of imide groups is 1. The van der Waals surface area contributed by atoms with Crippen molar-refractivity contribution in [3.8, 4) is 0 Å². The first-order valence-corrected chi connectivity index (χ1v) is 4.22. The van der Waals surface area contributed by atoms with Crippen molar-refractivity contribution < 1.29 is 9.59 Å². The number of hydrogen-bond donors (Lipinski definition) is 2. The van der Waals surface area contributed by atoms with Gasteiger partial charge in [0.25, 0.3) is 0 Å². The van der Waals surface area contributed by atoms with Crippen LogP contribution in [-0.2, 0) is 4.79 Å². The van der Waals surface area contributed by atoms with Crippen LogP contribution in [0, 0.1) is 0 Å². The summed E-state index contributed by atoms with van der Waals surface area (Å²) in [6.07, 6.45) is 5.74. The molecule has 0 saturated heterocycles. The highest BCUT2D eigenvalue weighted by Gasteiger charge is 1.95. The van der Waals surface area contributed by atoms with Crippen molar-refractivity contribution in [2.45, 2.75) is 32.6 Å². The topological polar surface area (TPSA) is 58.2 Å². The van der Waals surface area contributed by atoms with Crippen LogP contribution < -0.4 is 10.6 Å². The van der Waals surface area contributed by atoms with Crippen LogP contribution in [0.15, 0.2) is 0 Å². The predicted molar refractivity (Wildman–Crippen MR) is 46.4 cm³/mol. The number of amides is 3. The molecule has 4 heteroatoms. The molecular formula is C8H15N2O2. The number of urea groups is 1. The number of nitrogens with one attached hydrogen (secondary N) is 2. The molecule has 0 saturated carbocycles. The highest BCUT2D eigenvalue weighted by molar-refractivity contribution is 5.84. The fourth-order valence-corrected chi connectivity index (χ4v) is 0.844. The summed E-state index contributed by atoms with van der Waals surface area (Å²) in [5.74, 6) is 0. The average Bonchev–Trinajstić information content (AvgIpc) is 2.05. The molecule has 0 atom stereocenters. The SMILES string of the molecule is CCCCCCNC(=O)N[C]=O. The van der Waals surface area contributed by atoms with Gasteiger partial charge in [0.1, 0.15) is 0 Å².